The van der Waals surface area contributed by atoms with Crippen molar-refractivity contribution in [2.75, 3.05) is 18.6 Å². The van der Waals surface area contributed by atoms with Gasteiger partial charge in [-0.1, -0.05) is 5.92 Å². The highest BCUT2D eigenvalue weighted by Crippen LogP contribution is 2.00. The fourth-order valence-corrected chi connectivity index (χ4v) is 1.20. The lowest BCUT2D eigenvalue weighted by atomic mass is 10.2. The molecule has 0 aromatic carbocycles. The van der Waals surface area contributed by atoms with Gasteiger partial charge in [0.15, 0.2) is 0 Å². The zero-order chi connectivity index (χ0) is 9.40. The van der Waals surface area contributed by atoms with Crippen LogP contribution in [-0.2, 0) is 4.79 Å². The van der Waals surface area contributed by atoms with Crippen molar-refractivity contribution in [3.8, 4) is 12.3 Å². The lowest BCUT2D eigenvalue weighted by molar-refractivity contribution is -0.139. The number of thioether (sulfide) groups is 1. The van der Waals surface area contributed by atoms with Gasteiger partial charge in [-0.05, 0) is 18.4 Å². The van der Waals surface area contributed by atoms with Crippen molar-refractivity contribution < 1.29 is 9.90 Å². The summed E-state index contributed by atoms with van der Waals surface area (Å²) < 4.78 is 0. The van der Waals surface area contributed by atoms with Crippen LogP contribution in [0.3, 0.4) is 0 Å². The standard InChI is InChI=1S/C8H13NO2S/c1-3-5-9-7(8(10)11)4-6-12-2/h1,7,9H,4-6H2,2H3,(H,10,11). The molecule has 0 aromatic heterocycles. The Hall–Kier alpha value is -0.660. The molecule has 12 heavy (non-hydrogen) atoms. The monoisotopic (exact) mass is 187 g/mol. The van der Waals surface area contributed by atoms with E-state index in [0.29, 0.717) is 13.0 Å². The number of carboxylic acid groups (broad SMARTS) is 1. The Kier molecular flexibility index (Phi) is 6.63. The summed E-state index contributed by atoms with van der Waals surface area (Å²) in [5.41, 5.74) is 0. The van der Waals surface area contributed by atoms with Crippen molar-refractivity contribution in [3.63, 3.8) is 0 Å². The molecule has 0 heterocycles. The van der Waals surface area contributed by atoms with Crippen LogP contribution >= 0.6 is 11.8 Å². The van der Waals surface area contributed by atoms with E-state index < -0.39 is 12.0 Å². The summed E-state index contributed by atoms with van der Waals surface area (Å²) >= 11 is 1.63. The van der Waals surface area contributed by atoms with E-state index >= 15 is 0 Å². The summed E-state index contributed by atoms with van der Waals surface area (Å²) in [5.74, 6) is 2.34. The van der Waals surface area contributed by atoms with Gasteiger partial charge in [0.2, 0.25) is 0 Å². The van der Waals surface area contributed by atoms with Crippen LogP contribution in [0.25, 0.3) is 0 Å². The molecule has 0 radical (unpaired) electrons. The second-order valence-electron chi connectivity index (χ2n) is 2.26. The lowest BCUT2D eigenvalue weighted by Gasteiger charge is -2.10. The van der Waals surface area contributed by atoms with Crippen LogP contribution in [0.4, 0.5) is 0 Å². The number of nitrogens with one attached hydrogen (secondary N) is 1. The molecule has 1 atom stereocenters. The number of aliphatic carboxylic acids is 1. The molecule has 0 saturated heterocycles. The Bertz CT molecular complexity index is 176. The Labute approximate surface area is 76.9 Å². The van der Waals surface area contributed by atoms with Crippen molar-refractivity contribution in [3.05, 3.63) is 0 Å². The van der Waals surface area contributed by atoms with Gasteiger partial charge in [0, 0.05) is 0 Å². The molecule has 0 amide bonds. The quantitative estimate of drug-likeness (QED) is 0.592. The average molecular weight is 187 g/mol. The third kappa shape index (κ3) is 5.05. The highest BCUT2D eigenvalue weighted by atomic mass is 32.2. The maximum absolute atomic E-state index is 10.6. The normalized spacial score (nSPS) is 12.0. The van der Waals surface area contributed by atoms with Gasteiger partial charge in [0.25, 0.3) is 0 Å². The van der Waals surface area contributed by atoms with Crippen LogP contribution in [0, 0.1) is 12.3 Å². The van der Waals surface area contributed by atoms with Crippen molar-refractivity contribution in [2.45, 2.75) is 12.5 Å². The molecule has 0 fully saturated rings. The number of hydrogen-bond donors (Lipinski definition) is 2. The molecular formula is C8H13NO2S. The number of carbonyl (C=O) groups is 1. The molecule has 0 saturated carbocycles. The van der Waals surface area contributed by atoms with Gasteiger partial charge < -0.3 is 5.11 Å². The van der Waals surface area contributed by atoms with E-state index in [1.807, 2.05) is 6.26 Å². The molecule has 0 aliphatic heterocycles. The fraction of sp³-hybridized carbons (Fsp3) is 0.625. The number of terminal acetylenes is 1. The van der Waals surface area contributed by atoms with E-state index in [2.05, 4.69) is 11.2 Å². The predicted octanol–water partition coefficient (Wildman–Crippen LogP) is 0.415. The lowest BCUT2D eigenvalue weighted by Crippen LogP contribution is -2.37. The third-order valence-corrected chi connectivity index (χ3v) is 2.00. The van der Waals surface area contributed by atoms with Gasteiger partial charge in [-0.3, -0.25) is 10.1 Å². The summed E-state index contributed by atoms with van der Waals surface area (Å²) in [5, 5.41) is 11.4. The number of rotatable bonds is 6. The third-order valence-electron chi connectivity index (χ3n) is 1.36. The molecule has 1 unspecified atom stereocenters. The first kappa shape index (κ1) is 11.3. The highest BCUT2D eigenvalue weighted by molar-refractivity contribution is 7.98. The van der Waals surface area contributed by atoms with E-state index in [1.54, 1.807) is 11.8 Å². The van der Waals surface area contributed by atoms with E-state index in [1.165, 1.54) is 0 Å². The van der Waals surface area contributed by atoms with E-state index in [0.717, 1.165) is 5.75 Å². The van der Waals surface area contributed by atoms with Gasteiger partial charge in [0.1, 0.15) is 6.04 Å². The first-order valence-electron chi connectivity index (χ1n) is 3.61. The van der Waals surface area contributed by atoms with E-state index in [9.17, 15) is 4.79 Å². The zero-order valence-electron chi connectivity index (χ0n) is 7.04. The minimum atomic E-state index is -0.834. The topological polar surface area (TPSA) is 49.3 Å². The molecule has 0 aliphatic carbocycles. The Morgan fingerprint density at radius 3 is 2.92 bits per heavy atom. The SMILES string of the molecule is C#CCNC(CCSC)C(=O)O. The first-order valence-corrected chi connectivity index (χ1v) is 5.00. The van der Waals surface area contributed by atoms with E-state index in [4.69, 9.17) is 11.5 Å². The average Bonchev–Trinajstić information content (AvgIpc) is 2.04. The zero-order valence-corrected chi connectivity index (χ0v) is 7.86. The maximum atomic E-state index is 10.6. The van der Waals surface area contributed by atoms with Crippen molar-refractivity contribution >= 4 is 17.7 Å². The molecule has 3 nitrogen and oxygen atoms in total. The minimum absolute atomic E-state index is 0.311. The largest absolute Gasteiger partial charge is 0.480 e. The van der Waals surface area contributed by atoms with Crippen molar-refractivity contribution in [1.29, 1.82) is 0 Å². The molecule has 0 rings (SSSR count). The van der Waals surface area contributed by atoms with Crippen LogP contribution in [0.5, 0.6) is 0 Å². The summed E-state index contributed by atoms with van der Waals surface area (Å²) in [6, 6.07) is -0.506. The number of carboxylic acids is 1. The van der Waals surface area contributed by atoms with Crippen LogP contribution in [0.2, 0.25) is 0 Å². The predicted molar refractivity (Wildman–Crippen MR) is 51.3 cm³/mol. The van der Waals surface area contributed by atoms with Crippen molar-refractivity contribution in [2.24, 2.45) is 0 Å². The van der Waals surface area contributed by atoms with Gasteiger partial charge in [-0.2, -0.15) is 11.8 Å². The second kappa shape index (κ2) is 7.01. The maximum Gasteiger partial charge on any atom is 0.320 e. The fourth-order valence-electron chi connectivity index (χ4n) is 0.731. The summed E-state index contributed by atoms with van der Waals surface area (Å²) in [7, 11) is 0. The minimum Gasteiger partial charge on any atom is -0.480 e. The van der Waals surface area contributed by atoms with Crippen LogP contribution in [0.1, 0.15) is 6.42 Å². The Morgan fingerprint density at radius 2 is 2.50 bits per heavy atom. The van der Waals surface area contributed by atoms with Gasteiger partial charge in [-0.25, -0.2) is 0 Å². The highest BCUT2D eigenvalue weighted by Gasteiger charge is 2.14. The number of hydrogen-bond acceptors (Lipinski definition) is 3. The molecule has 0 aromatic rings. The molecular weight excluding hydrogens is 174 g/mol. The van der Waals surface area contributed by atoms with Crippen LogP contribution < -0.4 is 5.32 Å². The van der Waals surface area contributed by atoms with Gasteiger partial charge >= 0.3 is 5.97 Å². The molecule has 2 N–H and O–H groups in total. The summed E-state index contributed by atoms with van der Waals surface area (Å²) in [4.78, 5) is 10.6. The Balaban J connectivity index is 3.72. The molecule has 0 bridgehead atoms. The van der Waals surface area contributed by atoms with Crippen molar-refractivity contribution in [1.82, 2.24) is 5.32 Å². The Morgan fingerprint density at radius 1 is 1.83 bits per heavy atom. The van der Waals surface area contributed by atoms with Crippen LogP contribution in [-0.4, -0.2) is 35.7 Å². The summed E-state index contributed by atoms with van der Waals surface area (Å²) in [6.07, 6.45) is 7.55. The molecule has 68 valence electrons. The molecule has 0 aliphatic rings. The van der Waals surface area contributed by atoms with E-state index in [-0.39, 0.29) is 0 Å². The first-order chi connectivity index (χ1) is 5.72. The van der Waals surface area contributed by atoms with Gasteiger partial charge in [0.05, 0.1) is 6.54 Å². The molecule has 4 heteroatoms. The van der Waals surface area contributed by atoms with Gasteiger partial charge in [-0.15, -0.1) is 6.42 Å². The molecule has 0 spiro atoms. The summed E-state index contributed by atoms with van der Waals surface area (Å²) in [6.45, 7) is 0.311. The smallest absolute Gasteiger partial charge is 0.320 e. The van der Waals surface area contributed by atoms with Crippen LogP contribution in [0.15, 0.2) is 0 Å². The second-order valence-corrected chi connectivity index (χ2v) is 3.24.